The van der Waals surface area contributed by atoms with E-state index in [-0.39, 0.29) is 5.56 Å². The van der Waals surface area contributed by atoms with Crippen LogP contribution in [-0.2, 0) is 11.2 Å². The van der Waals surface area contributed by atoms with Gasteiger partial charge in [-0.25, -0.2) is 9.18 Å². The van der Waals surface area contributed by atoms with Crippen molar-refractivity contribution in [3.05, 3.63) is 35.1 Å². The van der Waals surface area contributed by atoms with Crippen LogP contribution in [0.1, 0.15) is 41.6 Å². The molecule has 2 aliphatic heterocycles. The topological polar surface area (TPSA) is 32.8 Å². The number of likely N-dealkylation sites (tertiary alicyclic amines) is 2. The minimum Gasteiger partial charge on any atom is -0.465 e. The van der Waals surface area contributed by atoms with E-state index in [0.29, 0.717) is 5.92 Å². The van der Waals surface area contributed by atoms with Crippen molar-refractivity contribution in [3.8, 4) is 0 Å². The highest BCUT2D eigenvalue weighted by Gasteiger charge is 2.24. The van der Waals surface area contributed by atoms with E-state index in [4.69, 9.17) is 0 Å². The predicted octanol–water partition coefficient (Wildman–Crippen LogP) is 2.96. The summed E-state index contributed by atoms with van der Waals surface area (Å²) in [6, 6.07) is 4.82. The minimum absolute atomic E-state index is 0.0416. The summed E-state index contributed by atoms with van der Waals surface area (Å²) in [5, 5.41) is 0. The summed E-state index contributed by atoms with van der Waals surface area (Å²) >= 11 is 0. The molecule has 1 atom stereocenters. The lowest BCUT2D eigenvalue weighted by atomic mass is 9.97. The van der Waals surface area contributed by atoms with Gasteiger partial charge in [-0.1, -0.05) is 12.5 Å². The Balaban J connectivity index is 1.48. The van der Waals surface area contributed by atoms with E-state index in [0.717, 1.165) is 31.6 Å². The van der Waals surface area contributed by atoms with Crippen LogP contribution in [0.25, 0.3) is 0 Å². The molecule has 2 heterocycles. The molecular weight excluding hydrogens is 319 g/mol. The number of methoxy groups -OCH3 is 1. The molecule has 1 aromatic rings. The normalized spacial score (nSPS) is 22.2. The lowest BCUT2D eigenvalue weighted by Crippen LogP contribution is -2.37. The molecule has 25 heavy (non-hydrogen) atoms. The zero-order valence-electron chi connectivity index (χ0n) is 15.2. The van der Waals surface area contributed by atoms with Crippen LogP contribution in [0.3, 0.4) is 0 Å². The Bertz CT molecular complexity index is 587. The molecule has 0 aromatic heterocycles. The van der Waals surface area contributed by atoms with Gasteiger partial charge in [-0.15, -0.1) is 0 Å². The zero-order valence-corrected chi connectivity index (χ0v) is 15.2. The number of hydrogen-bond donors (Lipinski definition) is 0. The number of nitrogens with zero attached hydrogens (tertiary/aromatic N) is 2. The number of carbonyl (C=O) groups is 1. The van der Waals surface area contributed by atoms with Gasteiger partial charge in [0.15, 0.2) is 0 Å². The van der Waals surface area contributed by atoms with Crippen LogP contribution in [-0.4, -0.2) is 62.1 Å². The van der Waals surface area contributed by atoms with Gasteiger partial charge in [0.05, 0.1) is 12.7 Å². The van der Waals surface area contributed by atoms with E-state index in [2.05, 4.69) is 14.5 Å². The summed E-state index contributed by atoms with van der Waals surface area (Å²) in [7, 11) is 1.28. The first kappa shape index (κ1) is 18.3. The van der Waals surface area contributed by atoms with Crippen LogP contribution < -0.4 is 0 Å². The molecule has 138 valence electrons. The summed E-state index contributed by atoms with van der Waals surface area (Å²) in [6.07, 6.45) is 6.13. The lowest BCUT2D eigenvalue weighted by Gasteiger charge is -2.28. The molecule has 1 unspecified atom stereocenters. The van der Waals surface area contributed by atoms with E-state index in [9.17, 15) is 9.18 Å². The Morgan fingerprint density at radius 3 is 2.68 bits per heavy atom. The average molecular weight is 348 g/mol. The molecule has 5 heteroatoms. The van der Waals surface area contributed by atoms with Gasteiger partial charge in [0.2, 0.25) is 0 Å². The molecule has 0 radical (unpaired) electrons. The third kappa shape index (κ3) is 5.02. The Morgan fingerprint density at radius 2 is 1.92 bits per heavy atom. The highest BCUT2D eigenvalue weighted by atomic mass is 19.1. The second-order valence-corrected chi connectivity index (χ2v) is 7.37. The summed E-state index contributed by atoms with van der Waals surface area (Å²) in [5.74, 6) is -0.531. The maximum Gasteiger partial charge on any atom is 0.340 e. The molecule has 1 aromatic carbocycles. The van der Waals surface area contributed by atoms with Gasteiger partial charge < -0.3 is 14.5 Å². The molecule has 0 spiro atoms. The second kappa shape index (κ2) is 8.77. The van der Waals surface area contributed by atoms with Crippen LogP contribution in [0.2, 0.25) is 0 Å². The molecule has 0 saturated carbocycles. The molecular formula is C20H29FN2O2. The highest BCUT2D eigenvalue weighted by molar-refractivity contribution is 5.89. The van der Waals surface area contributed by atoms with Crippen molar-refractivity contribution in [1.82, 2.24) is 9.80 Å². The fourth-order valence-corrected chi connectivity index (χ4v) is 4.05. The van der Waals surface area contributed by atoms with Gasteiger partial charge in [-0.3, -0.25) is 0 Å². The number of hydrogen-bond acceptors (Lipinski definition) is 4. The van der Waals surface area contributed by atoms with Gasteiger partial charge in [-0.2, -0.15) is 0 Å². The number of piperidine rings is 1. The quantitative estimate of drug-likeness (QED) is 0.740. The third-order valence-corrected chi connectivity index (χ3v) is 5.51. The first-order valence-corrected chi connectivity index (χ1v) is 9.47. The van der Waals surface area contributed by atoms with Gasteiger partial charge in [0.1, 0.15) is 5.82 Å². The molecule has 0 bridgehead atoms. The van der Waals surface area contributed by atoms with E-state index in [1.165, 1.54) is 58.5 Å². The Kier molecular flexibility index (Phi) is 6.43. The van der Waals surface area contributed by atoms with Gasteiger partial charge in [0, 0.05) is 19.6 Å². The summed E-state index contributed by atoms with van der Waals surface area (Å²) in [5.41, 5.74) is 1.06. The first-order valence-electron chi connectivity index (χ1n) is 9.47. The Morgan fingerprint density at radius 1 is 1.16 bits per heavy atom. The average Bonchev–Trinajstić information content (AvgIpc) is 3.09. The Labute approximate surface area is 149 Å². The van der Waals surface area contributed by atoms with E-state index < -0.39 is 11.8 Å². The van der Waals surface area contributed by atoms with Crippen LogP contribution in [0, 0.1) is 11.7 Å². The van der Waals surface area contributed by atoms with Crippen LogP contribution in [0.15, 0.2) is 18.2 Å². The SMILES string of the molecule is COC(=O)c1cc(CC2CCN(CCN3CCCCC3)C2)ccc1F. The monoisotopic (exact) mass is 348 g/mol. The van der Waals surface area contributed by atoms with Gasteiger partial charge >= 0.3 is 5.97 Å². The van der Waals surface area contributed by atoms with Crippen molar-refractivity contribution in [2.24, 2.45) is 5.92 Å². The minimum atomic E-state index is -0.603. The number of halogens is 1. The molecule has 0 amide bonds. The number of carbonyl (C=O) groups excluding carboxylic acids is 1. The fraction of sp³-hybridized carbons (Fsp3) is 0.650. The van der Waals surface area contributed by atoms with E-state index >= 15 is 0 Å². The summed E-state index contributed by atoms with van der Waals surface area (Å²) in [6.45, 7) is 7.07. The Hall–Kier alpha value is -1.46. The first-order chi connectivity index (χ1) is 12.2. The number of ether oxygens (including phenoxy) is 1. The van der Waals surface area contributed by atoms with Crippen molar-refractivity contribution < 1.29 is 13.9 Å². The highest BCUT2D eigenvalue weighted by Crippen LogP contribution is 2.22. The van der Waals surface area contributed by atoms with Crippen LogP contribution in [0.5, 0.6) is 0 Å². The predicted molar refractivity (Wildman–Crippen MR) is 96.3 cm³/mol. The number of esters is 1. The van der Waals surface area contributed by atoms with Crippen LogP contribution >= 0.6 is 0 Å². The van der Waals surface area contributed by atoms with Crippen molar-refractivity contribution in [2.45, 2.75) is 32.1 Å². The molecule has 2 saturated heterocycles. The molecule has 0 N–H and O–H groups in total. The molecule has 3 rings (SSSR count). The fourth-order valence-electron chi connectivity index (χ4n) is 4.05. The van der Waals surface area contributed by atoms with Crippen molar-refractivity contribution >= 4 is 5.97 Å². The van der Waals surface area contributed by atoms with Crippen LogP contribution in [0.4, 0.5) is 4.39 Å². The van der Waals surface area contributed by atoms with Crippen molar-refractivity contribution in [3.63, 3.8) is 0 Å². The van der Waals surface area contributed by atoms with E-state index in [1.54, 1.807) is 12.1 Å². The molecule has 2 aliphatic rings. The molecule has 2 fully saturated rings. The lowest BCUT2D eigenvalue weighted by molar-refractivity contribution is 0.0595. The standard InChI is InChI=1S/C20H29FN2O2/c1-25-20(24)18-14-16(5-6-19(18)21)13-17-7-10-23(15-17)12-11-22-8-3-2-4-9-22/h5-6,14,17H,2-4,7-13,15H2,1H3. The smallest absolute Gasteiger partial charge is 0.340 e. The van der Waals surface area contributed by atoms with Gasteiger partial charge in [-0.05, 0) is 68.9 Å². The molecule has 4 nitrogen and oxygen atoms in total. The maximum atomic E-state index is 13.7. The largest absolute Gasteiger partial charge is 0.465 e. The van der Waals surface area contributed by atoms with Gasteiger partial charge in [0.25, 0.3) is 0 Å². The summed E-state index contributed by atoms with van der Waals surface area (Å²) < 4.78 is 18.4. The maximum absolute atomic E-state index is 13.7. The molecule has 0 aliphatic carbocycles. The second-order valence-electron chi connectivity index (χ2n) is 7.37. The number of benzene rings is 1. The zero-order chi connectivity index (χ0) is 17.6. The summed E-state index contributed by atoms with van der Waals surface area (Å²) in [4.78, 5) is 16.8. The van der Waals surface area contributed by atoms with Crippen molar-refractivity contribution in [1.29, 1.82) is 0 Å². The number of rotatable bonds is 6. The van der Waals surface area contributed by atoms with E-state index in [1.807, 2.05) is 0 Å². The third-order valence-electron chi connectivity index (χ3n) is 5.51. The van der Waals surface area contributed by atoms with Crippen molar-refractivity contribution in [2.75, 3.05) is 46.4 Å².